The van der Waals surface area contributed by atoms with E-state index in [1.807, 2.05) is 12.1 Å². The van der Waals surface area contributed by atoms with Gasteiger partial charge in [-0.25, -0.2) is 0 Å². The molecule has 0 atom stereocenters. The molecule has 3 nitrogen and oxygen atoms in total. The molecule has 1 aliphatic rings. The Kier molecular flexibility index (Phi) is 1.75. The lowest BCUT2D eigenvalue weighted by atomic mass is 10.1. The van der Waals surface area contributed by atoms with E-state index in [4.69, 9.17) is 4.55 Å². The monoisotopic (exact) mass is 196 g/mol. The Balaban J connectivity index is 2.60. The summed E-state index contributed by atoms with van der Waals surface area (Å²) < 4.78 is 30.6. The highest BCUT2D eigenvalue weighted by Crippen LogP contribution is 2.30. The van der Waals surface area contributed by atoms with E-state index in [1.165, 1.54) is 6.08 Å². The average molecular weight is 196 g/mol. The molecule has 0 spiro atoms. The quantitative estimate of drug-likeness (QED) is 0.692. The molecule has 0 saturated carbocycles. The van der Waals surface area contributed by atoms with Crippen molar-refractivity contribution in [2.24, 2.45) is 0 Å². The summed E-state index contributed by atoms with van der Waals surface area (Å²) in [6, 6.07) is 7.15. The number of fused-ring (bicyclic) bond motifs is 1. The molecule has 1 N–H and O–H groups in total. The summed E-state index contributed by atoms with van der Waals surface area (Å²) in [6.45, 7) is 0. The number of allylic oxidation sites excluding steroid dienone is 1. The maximum Gasteiger partial charge on any atom is 0.294 e. The van der Waals surface area contributed by atoms with E-state index >= 15 is 0 Å². The molecule has 2 rings (SSSR count). The van der Waals surface area contributed by atoms with E-state index < -0.39 is 10.1 Å². The molecule has 0 heterocycles. The summed E-state index contributed by atoms with van der Waals surface area (Å²) in [5.41, 5.74) is 1.56. The van der Waals surface area contributed by atoms with Gasteiger partial charge in [-0.05, 0) is 17.5 Å². The largest absolute Gasteiger partial charge is 0.294 e. The van der Waals surface area contributed by atoms with Gasteiger partial charge in [-0.3, -0.25) is 4.55 Å². The Morgan fingerprint density at radius 2 is 1.92 bits per heavy atom. The molecule has 0 unspecified atom stereocenters. The maximum atomic E-state index is 10.9. The summed E-state index contributed by atoms with van der Waals surface area (Å²) in [6.07, 6.45) is 2.10. The topological polar surface area (TPSA) is 54.4 Å². The summed E-state index contributed by atoms with van der Waals surface area (Å²) in [5, 5.41) is 0. The van der Waals surface area contributed by atoms with Crippen molar-refractivity contribution < 1.29 is 13.0 Å². The molecule has 0 fully saturated rings. The molecule has 68 valence electrons. The third-order valence-corrected chi connectivity index (χ3v) is 3.01. The lowest BCUT2D eigenvalue weighted by Crippen LogP contribution is -1.98. The number of hydrogen-bond donors (Lipinski definition) is 1. The average Bonchev–Trinajstić information content (AvgIpc) is 2.45. The summed E-state index contributed by atoms with van der Waals surface area (Å²) >= 11 is 0. The smallest absolute Gasteiger partial charge is 0.282 e. The number of rotatable bonds is 1. The Morgan fingerprint density at radius 3 is 2.62 bits per heavy atom. The van der Waals surface area contributed by atoms with Gasteiger partial charge in [-0.1, -0.05) is 30.3 Å². The minimum absolute atomic E-state index is 0.0306. The highest BCUT2D eigenvalue weighted by molar-refractivity contribution is 7.95. The first kappa shape index (κ1) is 8.47. The van der Waals surface area contributed by atoms with Gasteiger partial charge in [0.25, 0.3) is 10.1 Å². The van der Waals surface area contributed by atoms with Gasteiger partial charge in [0.2, 0.25) is 0 Å². The van der Waals surface area contributed by atoms with Crippen LogP contribution in [0.15, 0.2) is 30.3 Å². The zero-order valence-corrected chi connectivity index (χ0v) is 7.58. The van der Waals surface area contributed by atoms with Crippen molar-refractivity contribution in [3.8, 4) is 0 Å². The molecule has 1 aromatic rings. The van der Waals surface area contributed by atoms with Crippen LogP contribution in [0, 0.1) is 0 Å². The molecule has 13 heavy (non-hydrogen) atoms. The number of hydrogen-bond acceptors (Lipinski definition) is 2. The minimum atomic E-state index is -4.05. The fourth-order valence-corrected chi connectivity index (χ4v) is 2.27. The van der Waals surface area contributed by atoms with E-state index in [1.54, 1.807) is 12.1 Å². The molecular weight excluding hydrogens is 188 g/mol. The minimum Gasteiger partial charge on any atom is -0.282 e. The van der Waals surface area contributed by atoms with Gasteiger partial charge in [-0.15, -0.1) is 0 Å². The normalized spacial score (nSPS) is 15.3. The molecule has 0 saturated heterocycles. The van der Waals surface area contributed by atoms with Gasteiger partial charge in [0, 0.05) is 0 Å². The predicted molar refractivity (Wildman–Crippen MR) is 49.7 cm³/mol. The van der Waals surface area contributed by atoms with Crippen molar-refractivity contribution >= 4 is 15.0 Å². The summed E-state index contributed by atoms with van der Waals surface area (Å²) in [4.78, 5) is 0.0306. The van der Waals surface area contributed by atoms with E-state index in [2.05, 4.69) is 0 Å². The second kappa shape index (κ2) is 2.68. The standard InChI is InChI=1S/C9H8O3S/c10-13(11,12)9-6-5-7-3-1-2-4-8(7)9/h1-4,6H,5H2,(H,10,11,12). The molecule has 0 aliphatic heterocycles. The zero-order chi connectivity index (χ0) is 9.47. The van der Waals surface area contributed by atoms with Gasteiger partial charge in [0.1, 0.15) is 0 Å². The van der Waals surface area contributed by atoms with Crippen LogP contribution in [0.5, 0.6) is 0 Å². The van der Waals surface area contributed by atoms with E-state index in [-0.39, 0.29) is 4.91 Å². The van der Waals surface area contributed by atoms with Crippen LogP contribution in [0.1, 0.15) is 11.1 Å². The first-order chi connectivity index (χ1) is 6.09. The van der Waals surface area contributed by atoms with Crippen LogP contribution in [0.2, 0.25) is 0 Å². The molecule has 0 radical (unpaired) electrons. The van der Waals surface area contributed by atoms with Crippen molar-refractivity contribution in [1.82, 2.24) is 0 Å². The van der Waals surface area contributed by atoms with Crippen LogP contribution in [-0.2, 0) is 16.5 Å². The molecule has 0 amide bonds. The van der Waals surface area contributed by atoms with E-state index in [0.717, 1.165) is 5.56 Å². The third-order valence-electron chi connectivity index (χ3n) is 2.07. The lowest BCUT2D eigenvalue weighted by Gasteiger charge is -2.00. The molecule has 0 aromatic heterocycles. The highest BCUT2D eigenvalue weighted by Gasteiger charge is 2.22. The summed E-state index contributed by atoms with van der Waals surface area (Å²) in [5.74, 6) is 0. The molecule has 1 aromatic carbocycles. The van der Waals surface area contributed by atoms with Crippen LogP contribution >= 0.6 is 0 Å². The van der Waals surface area contributed by atoms with Gasteiger partial charge in [0.15, 0.2) is 0 Å². The second-order valence-electron chi connectivity index (χ2n) is 2.90. The van der Waals surface area contributed by atoms with E-state index in [0.29, 0.717) is 12.0 Å². The fourth-order valence-electron chi connectivity index (χ4n) is 1.50. The van der Waals surface area contributed by atoms with Crippen LogP contribution in [0.4, 0.5) is 0 Å². The van der Waals surface area contributed by atoms with Gasteiger partial charge < -0.3 is 0 Å². The van der Waals surface area contributed by atoms with E-state index in [9.17, 15) is 8.42 Å². The van der Waals surface area contributed by atoms with Gasteiger partial charge in [0.05, 0.1) is 4.91 Å². The fraction of sp³-hybridized carbons (Fsp3) is 0.111. The molecular formula is C9H8O3S. The lowest BCUT2D eigenvalue weighted by molar-refractivity contribution is 0.496. The molecule has 4 heteroatoms. The first-order valence-electron chi connectivity index (χ1n) is 3.85. The molecule has 0 bridgehead atoms. The SMILES string of the molecule is O=S(=O)(O)C1=CCc2ccccc21. The predicted octanol–water partition coefficient (Wildman–Crippen LogP) is 1.47. The maximum absolute atomic E-state index is 10.9. The van der Waals surface area contributed by atoms with Gasteiger partial charge >= 0.3 is 0 Å². The third kappa shape index (κ3) is 1.38. The van der Waals surface area contributed by atoms with Crippen LogP contribution in [0.25, 0.3) is 4.91 Å². The highest BCUT2D eigenvalue weighted by atomic mass is 32.2. The van der Waals surface area contributed by atoms with Crippen molar-refractivity contribution in [2.75, 3.05) is 0 Å². The summed E-state index contributed by atoms with van der Waals surface area (Å²) in [7, 11) is -4.05. The number of benzene rings is 1. The van der Waals surface area contributed by atoms with Crippen molar-refractivity contribution in [3.63, 3.8) is 0 Å². The van der Waals surface area contributed by atoms with Gasteiger partial charge in [-0.2, -0.15) is 8.42 Å². The first-order valence-corrected chi connectivity index (χ1v) is 5.29. The van der Waals surface area contributed by atoms with Crippen LogP contribution in [-0.4, -0.2) is 13.0 Å². The van der Waals surface area contributed by atoms with Crippen molar-refractivity contribution in [1.29, 1.82) is 0 Å². The van der Waals surface area contributed by atoms with Crippen LogP contribution < -0.4 is 0 Å². The van der Waals surface area contributed by atoms with Crippen LogP contribution in [0.3, 0.4) is 0 Å². The van der Waals surface area contributed by atoms with Crippen molar-refractivity contribution in [3.05, 3.63) is 41.5 Å². The second-order valence-corrected chi connectivity index (χ2v) is 4.29. The Labute approximate surface area is 76.5 Å². The Bertz CT molecular complexity index is 471. The van der Waals surface area contributed by atoms with Crippen molar-refractivity contribution in [2.45, 2.75) is 6.42 Å². The molecule has 1 aliphatic carbocycles. The zero-order valence-electron chi connectivity index (χ0n) is 6.77. The Hall–Kier alpha value is -1.13. The Morgan fingerprint density at radius 1 is 1.23 bits per heavy atom.